The van der Waals surface area contributed by atoms with E-state index >= 15 is 0 Å². The molecule has 8 heteroatoms. The summed E-state index contributed by atoms with van der Waals surface area (Å²) >= 11 is 0. The lowest BCUT2D eigenvalue weighted by Crippen LogP contribution is -2.33. The maximum atomic E-state index is 12.0. The van der Waals surface area contributed by atoms with Gasteiger partial charge >= 0.3 is 0 Å². The molecule has 0 bridgehead atoms. The molecule has 0 saturated carbocycles. The Morgan fingerprint density at radius 3 is 2.75 bits per heavy atom. The number of ether oxygens (including phenoxy) is 1. The van der Waals surface area contributed by atoms with E-state index in [9.17, 15) is 4.79 Å². The second kappa shape index (κ2) is 8.52. The minimum atomic E-state index is -0.266. The SMILES string of the molecule is CNC(=O)c1nc(C)c(C)c(N2CC[C@@H](NCc3ccc(C)c(OC)n3)C2)n1. The molecular weight excluding hydrogens is 356 g/mol. The molecule has 1 amide bonds. The van der Waals surface area contributed by atoms with Crippen LogP contribution in [0.2, 0.25) is 0 Å². The first-order valence-electron chi connectivity index (χ1n) is 9.49. The van der Waals surface area contributed by atoms with Crippen molar-refractivity contribution in [2.24, 2.45) is 0 Å². The zero-order valence-electron chi connectivity index (χ0n) is 17.2. The fourth-order valence-electron chi connectivity index (χ4n) is 3.36. The summed E-state index contributed by atoms with van der Waals surface area (Å²) in [5.74, 6) is 1.46. The van der Waals surface area contributed by atoms with Crippen LogP contribution in [0.1, 0.15) is 39.6 Å². The first kappa shape index (κ1) is 20.0. The van der Waals surface area contributed by atoms with E-state index in [1.807, 2.05) is 32.9 Å². The number of carbonyl (C=O) groups is 1. The van der Waals surface area contributed by atoms with Crippen LogP contribution in [-0.2, 0) is 6.54 Å². The van der Waals surface area contributed by atoms with Gasteiger partial charge in [0.25, 0.3) is 5.91 Å². The third-order valence-corrected chi connectivity index (χ3v) is 5.15. The minimum absolute atomic E-state index is 0.216. The molecule has 0 aliphatic carbocycles. The zero-order valence-corrected chi connectivity index (χ0v) is 17.2. The van der Waals surface area contributed by atoms with E-state index in [1.165, 1.54) is 0 Å². The summed E-state index contributed by atoms with van der Waals surface area (Å²) < 4.78 is 5.30. The third-order valence-electron chi connectivity index (χ3n) is 5.15. The van der Waals surface area contributed by atoms with Gasteiger partial charge in [-0.05, 0) is 33.3 Å². The van der Waals surface area contributed by atoms with E-state index in [4.69, 9.17) is 4.74 Å². The lowest BCUT2D eigenvalue weighted by atomic mass is 10.2. The number of nitrogens with one attached hydrogen (secondary N) is 2. The normalized spacial score (nSPS) is 16.3. The van der Waals surface area contributed by atoms with Crippen LogP contribution in [0.3, 0.4) is 0 Å². The number of rotatable bonds is 6. The molecule has 150 valence electrons. The molecule has 1 saturated heterocycles. The third kappa shape index (κ3) is 4.22. The Morgan fingerprint density at radius 1 is 1.25 bits per heavy atom. The van der Waals surface area contributed by atoms with Crippen molar-refractivity contribution in [3.8, 4) is 5.88 Å². The fraction of sp³-hybridized carbons (Fsp3) is 0.500. The van der Waals surface area contributed by atoms with Crippen molar-refractivity contribution in [2.45, 2.75) is 39.8 Å². The molecule has 0 spiro atoms. The first-order valence-corrected chi connectivity index (χ1v) is 9.49. The summed E-state index contributed by atoms with van der Waals surface area (Å²) in [6.45, 7) is 8.29. The Morgan fingerprint density at radius 2 is 2.04 bits per heavy atom. The molecule has 2 aromatic rings. The highest BCUT2D eigenvalue weighted by Crippen LogP contribution is 2.24. The van der Waals surface area contributed by atoms with Crippen LogP contribution in [-0.4, -0.2) is 54.1 Å². The number of aromatic nitrogens is 3. The Kier molecular flexibility index (Phi) is 6.08. The van der Waals surface area contributed by atoms with Gasteiger partial charge < -0.3 is 20.3 Å². The smallest absolute Gasteiger partial charge is 0.288 e. The quantitative estimate of drug-likeness (QED) is 0.780. The number of hydrogen-bond acceptors (Lipinski definition) is 7. The number of anilines is 1. The number of aryl methyl sites for hydroxylation is 2. The van der Waals surface area contributed by atoms with E-state index in [0.717, 1.165) is 47.8 Å². The molecule has 1 aliphatic rings. The van der Waals surface area contributed by atoms with Crippen LogP contribution < -0.4 is 20.3 Å². The molecule has 0 radical (unpaired) electrons. The van der Waals surface area contributed by atoms with Gasteiger partial charge in [0, 0.05) is 49.5 Å². The highest BCUT2D eigenvalue weighted by atomic mass is 16.5. The van der Waals surface area contributed by atoms with Crippen LogP contribution in [0.15, 0.2) is 12.1 Å². The number of amides is 1. The molecule has 0 aromatic carbocycles. The van der Waals surface area contributed by atoms with Crippen LogP contribution in [0.4, 0.5) is 5.82 Å². The number of hydrogen-bond donors (Lipinski definition) is 2. The van der Waals surface area contributed by atoms with Gasteiger partial charge in [0.2, 0.25) is 11.7 Å². The molecular formula is C20H28N6O2. The van der Waals surface area contributed by atoms with Crippen molar-refractivity contribution in [3.63, 3.8) is 0 Å². The lowest BCUT2D eigenvalue weighted by Gasteiger charge is -2.21. The van der Waals surface area contributed by atoms with Gasteiger partial charge in [-0.2, -0.15) is 0 Å². The second-order valence-corrected chi connectivity index (χ2v) is 7.10. The molecule has 1 fully saturated rings. The van der Waals surface area contributed by atoms with Gasteiger partial charge in [0.05, 0.1) is 12.8 Å². The summed E-state index contributed by atoms with van der Waals surface area (Å²) in [5.41, 5.74) is 3.82. The van der Waals surface area contributed by atoms with Crippen molar-refractivity contribution in [2.75, 3.05) is 32.1 Å². The monoisotopic (exact) mass is 384 g/mol. The zero-order chi connectivity index (χ0) is 20.3. The molecule has 28 heavy (non-hydrogen) atoms. The van der Waals surface area contributed by atoms with Crippen molar-refractivity contribution in [1.82, 2.24) is 25.6 Å². The molecule has 1 aliphatic heterocycles. The largest absolute Gasteiger partial charge is 0.481 e. The highest BCUT2D eigenvalue weighted by Gasteiger charge is 2.26. The average molecular weight is 384 g/mol. The summed E-state index contributed by atoms with van der Waals surface area (Å²) in [6.07, 6.45) is 1.00. The first-order chi connectivity index (χ1) is 13.4. The molecule has 1 atom stereocenters. The minimum Gasteiger partial charge on any atom is -0.481 e. The Balaban J connectivity index is 1.67. The summed E-state index contributed by atoms with van der Waals surface area (Å²) in [7, 11) is 3.23. The van der Waals surface area contributed by atoms with Gasteiger partial charge in [-0.25, -0.2) is 15.0 Å². The van der Waals surface area contributed by atoms with Crippen molar-refractivity contribution in [1.29, 1.82) is 0 Å². The maximum absolute atomic E-state index is 12.0. The lowest BCUT2D eigenvalue weighted by molar-refractivity contribution is 0.0952. The van der Waals surface area contributed by atoms with Crippen molar-refractivity contribution < 1.29 is 9.53 Å². The van der Waals surface area contributed by atoms with Gasteiger partial charge in [-0.1, -0.05) is 6.07 Å². The van der Waals surface area contributed by atoms with E-state index in [0.29, 0.717) is 18.5 Å². The number of methoxy groups -OCH3 is 1. The van der Waals surface area contributed by atoms with Gasteiger partial charge in [0.15, 0.2) is 0 Å². The van der Waals surface area contributed by atoms with E-state index in [1.54, 1.807) is 14.2 Å². The second-order valence-electron chi connectivity index (χ2n) is 7.10. The molecule has 0 unspecified atom stereocenters. The fourth-order valence-corrected chi connectivity index (χ4v) is 3.36. The van der Waals surface area contributed by atoms with Gasteiger partial charge in [-0.3, -0.25) is 4.79 Å². The van der Waals surface area contributed by atoms with E-state index in [-0.39, 0.29) is 11.7 Å². The highest BCUT2D eigenvalue weighted by molar-refractivity contribution is 5.90. The van der Waals surface area contributed by atoms with Gasteiger partial charge in [0.1, 0.15) is 5.82 Å². The van der Waals surface area contributed by atoms with Crippen LogP contribution in [0.25, 0.3) is 0 Å². The Bertz CT molecular complexity index is 870. The molecule has 8 nitrogen and oxygen atoms in total. The molecule has 3 rings (SSSR count). The Hall–Kier alpha value is -2.74. The number of pyridine rings is 1. The molecule has 2 N–H and O–H groups in total. The Labute approximate surface area is 165 Å². The topological polar surface area (TPSA) is 92.3 Å². The summed E-state index contributed by atoms with van der Waals surface area (Å²) in [5, 5.41) is 6.16. The maximum Gasteiger partial charge on any atom is 0.288 e. The number of nitrogens with zero attached hydrogens (tertiary/aromatic N) is 4. The predicted molar refractivity (Wildman–Crippen MR) is 108 cm³/mol. The summed E-state index contributed by atoms with van der Waals surface area (Å²) in [4.78, 5) is 27.5. The predicted octanol–water partition coefficient (Wildman–Crippen LogP) is 1.53. The van der Waals surface area contributed by atoms with Crippen LogP contribution in [0.5, 0.6) is 5.88 Å². The van der Waals surface area contributed by atoms with Crippen molar-refractivity contribution in [3.05, 3.63) is 40.5 Å². The van der Waals surface area contributed by atoms with E-state index in [2.05, 4.69) is 30.5 Å². The molecule has 2 aromatic heterocycles. The molecule has 3 heterocycles. The van der Waals surface area contributed by atoms with Crippen LogP contribution >= 0.6 is 0 Å². The number of carbonyl (C=O) groups excluding carboxylic acids is 1. The standard InChI is InChI=1S/C20H28N6O2/c1-12-6-7-15(24-20(12)28-5)10-22-16-8-9-26(11-16)18-13(2)14(3)23-17(25-18)19(27)21-4/h6-7,16,22H,8-11H2,1-5H3,(H,21,27)/t16-/m1/s1. The average Bonchev–Trinajstić information content (AvgIpc) is 3.17. The van der Waals surface area contributed by atoms with Crippen molar-refractivity contribution >= 4 is 11.7 Å². The summed E-state index contributed by atoms with van der Waals surface area (Å²) in [6, 6.07) is 4.37. The van der Waals surface area contributed by atoms with Gasteiger partial charge in [-0.15, -0.1) is 0 Å². The van der Waals surface area contributed by atoms with E-state index < -0.39 is 0 Å². The van der Waals surface area contributed by atoms with Crippen LogP contribution in [0, 0.1) is 20.8 Å².